The highest BCUT2D eigenvalue weighted by atomic mass is 35.5. The summed E-state index contributed by atoms with van der Waals surface area (Å²) in [7, 11) is 2.23. The molecule has 1 aromatic rings. The van der Waals surface area contributed by atoms with Gasteiger partial charge in [-0.15, -0.1) is 0 Å². The van der Waals surface area contributed by atoms with Gasteiger partial charge in [0.15, 0.2) is 0 Å². The lowest BCUT2D eigenvalue weighted by molar-refractivity contribution is -0.107. The van der Waals surface area contributed by atoms with Gasteiger partial charge < -0.3 is 14.6 Å². The molecule has 1 unspecified atom stereocenters. The van der Waals surface area contributed by atoms with Gasteiger partial charge in [-0.2, -0.15) is 0 Å². The summed E-state index contributed by atoms with van der Waals surface area (Å²) in [6, 6.07) is 11.8. The number of terminal acetylenes is 1. The van der Waals surface area contributed by atoms with E-state index in [9.17, 15) is 4.79 Å². The van der Waals surface area contributed by atoms with Crippen molar-refractivity contribution in [2.75, 3.05) is 20.1 Å². The molecule has 3 fully saturated rings. The summed E-state index contributed by atoms with van der Waals surface area (Å²) < 4.78 is 0. The molecule has 0 radical (unpaired) electrons. The second-order valence-corrected chi connectivity index (χ2v) is 9.44. The van der Waals surface area contributed by atoms with E-state index in [1.165, 1.54) is 63.5 Å². The summed E-state index contributed by atoms with van der Waals surface area (Å²) in [4.78, 5) is 14.7. The van der Waals surface area contributed by atoms with Crippen molar-refractivity contribution in [3.8, 4) is 12.5 Å². The summed E-state index contributed by atoms with van der Waals surface area (Å²) in [5.74, 6) is 0.553. The van der Waals surface area contributed by atoms with Crippen LogP contribution in [-0.2, 0) is 4.79 Å². The van der Waals surface area contributed by atoms with Crippen LogP contribution in [0.1, 0.15) is 75.7 Å². The van der Waals surface area contributed by atoms with Crippen molar-refractivity contribution in [1.29, 1.82) is 0 Å². The maximum Gasteiger partial charge on any atom is 0.119 e. The minimum absolute atomic E-state index is 0.335. The van der Waals surface area contributed by atoms with Crippen molar-refractivity contribution < 1.29 is 4.79 Å². The molecule has 4 heteroatoms. The topological polar surface area (TPSA) is 23.6 Å². The number of aldehydes is 1. The van der Waals surface area contributed by atoms with Gasteiger partial charge >= 0.3 is 0 Å². The molecule has 2 atom stereocenters. The highest BCUT2D eigenvalue weighted by Crippen LogP contribution is 2.53. The summed E-state index contributed by atoms with van der Waals surface area (Å²) in [6.07, 6.45) is 18.7. The van der Waals surface area contributed by atoms with Crippen LogP contribution in [0.2, 0.25) is 5.02 Å². The number of halogens is 1. The number of carbonyl (C=O) groups excluding carboxylic acids is 1. The average molecular weight is 415 g/mol. The molecule has 3 nitrogen and oxygen atoms in total. The van der Waals surface area contributed by atoms with Gasteiger partial charge in [-0.05, 0) is 76.2 Å². The van der Waals surface area contributed by atoms with Crippen molar-refractivity contribution in [1.82, 2.24) is 9.80 Å². The van der Waals surface area contributed by atoms with Gasteiger partial charge in [0.1, 0.15) is 6.29 Å². The lowest BCUT2D eigenvalue weighted by atomic mass is 9.96. The monoisotopic (exact) mass is 414 g/mol. The van der Waals surface area contributed by atoms with Crippen molar-refractivity contribution in [3.05, 3.63) is 34.9 Å². The van der Waals surface area contributed by atoms with E-state index in [1.807, 2.05) is 12.1 Å². The van der Waals surface area contributed by atoms with Gasteiger partial charge in [0.05, 0.1) is 0 Å². The fourth-order valence-corrected chi connectivity index (χ4v) is 5.17. The first-order valence-corrected chi connectivity index (χ1v) is 11.6. The molecule has 29 heavy (non-hydrogen) atoms. The third kappa shape index (κ3) is 6.00. The molecule has 3 aliphatic rings. The van der Waals surface area contributed by atoms with Crippen molar-refractivity contribution in [2.45, 2.75) is 81.7 Å². The molecule has 0 bridgehead atoms. The molecule has 1 aliphatic carbocycles. The predicted octanol–water partition coefficient (Wildman–Crippen LogP) is 5.48. The minimum Gasteiger partial charge on any atom is -0.326 e. The molecule has 1 saturated carbocycles. The standard InChI is InChI=1S/C14H14ClN.C11H21NO/c1-2-16-10-12(9-14(16)6-7-14)11-4-3-5-13(15)8-11;1-12-9-6-8-11(12)7-4-2-3-5-10-13/h1,3-5,8,12H,6-7,9-10H2;10-11H,2-9H2,1H3/t;11-/m.0/s1. The first kappa shape index (κ1) is 22.2. The third-order valence-corrected chi connectivity index (χ3v) is 7.17. The number of carbonyl (C=O) groups is 1. The van der Waals surface area contributed by atoms with Gasteiger partial charge in [0.2, 0.25) is 0 Å². The van der Waals surface area contributed by atoms with E-state index in [1.54, 1.807) is 0 Å². The number of likely N-dealkylation sites (tertiary alicyclic amines) is 2. The highest BCUT2D eigenvalue weighted by Gasteiger charge is 2.53. The lowest BCUT2D eigenvalue weighted by Gasteiger charge is -2.18. The summed E-state index contributed by atoms with van der Waals surface area (Å²) in [5, 5.41) is 0.821. The van der Waals surface area contributed by atoms with Crippen LogP contribution in [0, 0.1) is 12.5 Å². The van der Waals surface area contributed by atoms with E-state index >= 15 is 0 Å². The van der Waals surface area contributed by atoms with E-state index < -0.39 is 0 Å². The smallest absolute Gasteiger partial charge is 0.119 e. The Morgan fingerprint density at radius 3 is 2.72 bits per heavy atom. The first-order chi connectivity index (χ1) is 14.1. The molecule has 0 N–H and O–H groups in total. The second kappa shape index (κ2) is 10.5. The van der Waals surface area contributed by atoms with E-state index in [0.29, 0.717) is 11.5 Å². The second-order valence-electron chi connectivity index (χ2n) is 9.00. The SMILES string of the molecule is C#CN1CC(c2cccc(Cl)c2)CC12CC2.CN1CCC[C@@H]1CCCCCC=O. The molecular weight excluding hydrogens is 380 g/mol. The van der Waals surface area contributed by atoms with Crippen LogP contribution in [0.4, 0.5) is 0 Å². The van der Waals surface area contributed by atoms with Crippen molar-refractivity contribution in [3.63, 3.8) is 0 Å². The van der Waals surface area contributed by atoms with E-state index in [-0.39, 0.29) is 0 Å². The van der Waals surface area contributed by atoms with Gasteiger partial charge in [0, 0.05) is 41.5 Å². The van der Waals surface area contributed by atoms with E-state index in [4.69, 9.17) is 18.0 Å². The number of benzene rings is 1. The molecule has 2 heterocycles. The Labute approximate surface area is 181 Å². The van der Waals surface area contributed by atoms with Crippen molar-refractivity contribution >= 4 is 17.9 Å². The minimum atomic E-state index is 0.335. The maximum atomic E-state index is 10.1. The Kier molecular flexibility index (Phi) is 8.04. The fourth-order valence-electron chi connectivity index (χ4n) is 4.97. The number of hydrogen-bond acceptors (Lipinski definition) is 3. The summed E-state index contributed by atoms with van der Waals surface area (Å²) >= 11 is 6.03. The quantitative estimate of drug-likeness (QED) is 0.335. The molecular formula is C25H35ClN2O. The first-order valence-electron chi connectivity index (χ1n) is 11.2. The van der Waals surface area contributed by atoms with Crippen molar-refractivity contribution in [2.24, 2.45) is 0 Å². The van der Waals surface area contributed by atoms with E-state index in [2.05, 4.69) is 35.0 Å². The van der Waals surface area contributed by atoms with Gasteiger partial charge in [-0.3, -0.25) is 0 Å². The van der Waals surface area contributed by atoms with E-state index in [0.717, 1.165) is 36.7 Å². The number of rotatable bonds is 7. The molecule has 1 aromatic carbocycles. The Hall–Kier alpha value is -1.50. The van der Waals surface area contributed by atoms with Crippen LogP contribution in [-0.4, -0.2) is 47.8 Å². The molecule has 2 aliphatic heterocycles. The largest absolute Gasteiger partial charge is 0.326 e. The van der Waals surface area contributed by atoms with Crippen LogP contribution >= 0.6 is 11.6 Å². The Bertz CT molecular complexity index is 709. The van der Waals surface area contributed by atoms with Crippen LogP contribution in [0.5, 0.6) is 0 Å². The van der Waals surface area contributed by atoms with Gasteiger partial charge in [0.25, 0.3) is 0 Å². The van der Waals surface area contributed by atoms with Crippen LogP contribution in [0.3, 0.4) is 0 Å². The lowest BCUT2D eigenvalue weighted by Crippen LogP contribution is -2.25. The molecule has 0 amide bonds. The zero-order chi connectivity index (χ0) is 20.7. The number of hydrogen-bond donors (Lipinski definition) is 0. The summed E-state index contributed by atoms with van der Waals surface area (Å²) in [6.45, 7) is 2.26. The number of unbranched alkanes of at least 4 members (excludes halogenated alkanes) is 3. The van der Waals surface area contributed by atoms with Crippen LogP contribution < -0.4 is 0 Å². The Morgan fingerprint density at radius 1 is 1.31 bits per heavy atom. The predicted molar refractivity (Wildman–Crippen MR) is 121 cm³/mol. The maximum absolute atomic E-state index is 10.1. The van der Waals surface area contributed by atoms with Gasteiger partial charge in [-0.1, -0.05) is 43.0 Å². The Balaban J connectivity index is 0.000000170. The van der Waals surface area contributed by atoms with Crippen LogP contribution in [0.25, 0.3) is 0 Å². The molecule has 1 spiro atoms. The molecule has 2 saturated heterocycles. The fraction of sp³-hybridized carbons (Fsp3) is 0.640. The molecule has 158 valence electrons. The number of nitrogens with zero attached hydrogens (tertiary/aromatic N) is 2. The zero-order valence-electron chi connectivity index (χ0n) is 17.8. The average Bonchev–Trinajstić information content (AvgIpc) is 3.22. The van der Waals surface area contributed by atoms with Crippen LogP contribution in [0.15, 0.2) is 24.3 Å². The normalized spacial score (nSPS) is 24.8. The molecule has 4 rings (SSSR count). The van der Waals surface area contributed by atoms with Gasteiger partial charge in [-0.25, -0.2) is 0 Å². The zero-order valence-corrected chi connectivity index (χ0v) is 18.5. The Morgan fingerprint density at radius 2 is 2.14 bits per heavy atom. The molecule has 0 aromatic heterocycles. The summed E-state index contributed by atoms with van der Waals surface area (Å²) in [5.41, 5.74) is 1.67. The third-order valence-electron chi connectivity index (χ3n) is 6.94. The highest BCUT2D eigenvalue weighted by molar-refractivity contribution is 6.30.